The van der Waals surface area contributed by atoms with Gasteiger partial charge in [0.05, 0.1) is 6.10 Å². The Morgan fingerprint density at radius 3 is 2.62 bits per heavy atom. The van der Waals surface area contributed by atoms with Gasteiger partial charge in [-0.2, -0.15) is 0 Å². The minimum Gasteiger partial charge on any atom is -0.447 e. The van der Waals surface area contributed by atoms with Crippen LogP contribution in [0, 0.1) is 0 Å². The predicted molar refractivity (Wildman–Crippen MR) is 52.5 cm³/mol. The van der Waals surface area contributed by atoms with Crippen molar-refractivity contribution in [2.75, 3.05) is 6.54 Å². The SMILES string of the molecule is CCC(N)CCNC(=O)OC(C)C. The lowest BCUT2D eigenvalue weighted by Crippen LogP contribution is -2.31. The fourth-order valence-corrected chi connectivity index (χ4v) is 0.819. The maximum Gasteiger partial charge on any atom is 0.407 e. The zero-order chi connectivity index (χ0) is 10.3. The number of carbonyl (C=O) groups is 1. The van der Waals surface area contributed by atoms with Crippen molar-refractivity contribution in [2.45, 2.75) is 45.8 Å². The Bertz CT molecular complexity index is 149. The molecule has 0 fully saturated rings. The van der Waals surface area contributed by atoms with Crippen molar-refractivity contribution in [3.05, 3.63) is 0 Å². The fourth-order valence-electron chi connectivity index (χ4n) is 0.819. The number of rotatable bonds is 5. The number of nitrogens with one attached hydrogen (secondary N) is 1. The second-order valence-corrected chi connectivity index (χ2v) is 3.34. The molecule has 4 nitrogen and oxygen atoms in total. The van der Waals surface area contributed by atoms with Crippen molar-refractivity contribution in [1.29, 1.82) is 0 Å². The molecule has 0 bridgehead atoms. The molecule has 0 aromatic carbocycles. The summed E-state index contributed by atoms with van der Waals surface area (Å²) in [6, 6.07) is 0.166. The van der Waals surface area contributed by atoms with Gasteiger partial charge in [-0.25, -0.2) is 4.79 Å². The van der Waals surface area contributed by atoms with E-state index in [0.29, 0.717) is 6.54 Å². The quantitative estimate of drug-likeness (QED) is 0.682. The largest absolute Gasteiger partial charge is 0.447 e. The summed E-state index contributed by atoms with van der Waals surface area (Å²) in [5.74, 6) is 0. The van der Waals surface area contributed by atoms with Gasteiger partial charge >= 0.3 is 6.09 Å². The van der Waals surface area contributed by atoms with Crippen molar-refractivity contribution in [3.8, 4) is 0 Å². The zero-order valence-corrected chi connectivity index (χ0v) is 8.67. The van der Waals surface area contributed by atoms with E-state index >= 15 is 0 Å². The van der Waals surface area contributed by atoms with Crippen LogP contribution in [0.2, 0.25) is 0 Å². The van der Waals surface area contributed by atoms with Crippen LogP contribution in [0.5, 0.6) is 0 Å². The monoisotopic (exact) mass is 188 g/mol. The Morgan fingerprint density at radius 1 is 1.54 bits per heavy atom. The Morgan fingerprint density at radius 2 is 2.15 bits per heavy atom. The number of hydrogen-bond acceptors (Lipinski definition) is 3. The molecule has 0 heterocycles. The van der Waals surface area contributed by atoms with E-state index in [-0.39, 0.29) is 18.2 Å². The molecule has 0 aromatic heterocycles. The first kappa shape index (κ1) is 12.2. The lowest BCUT2D eigenvalue weighted by molar-refractivity contribution is 0.115. The average molecular weight is 188 g/mol. The second-order valence-electron chi connectivity index (χ2n) is 3.34. The van der Waals surface area contributed by atoms with Gasteiger partial charge < -0.3 is 15.8 Å². The molecule has 0 rings (SSSR count). The summed E-state index contributed by atoms with van der Waals surface area (Å²) in [5, 5.41) is 2.64. The molecular weight excluding hydrogens is 168 g/mol. The van der Waals surface area contributed by atoms with Gasteiger partial charge in [0.2, 0.25) is 0 Å². The first-order chi connectivity index (χ1) is 6.06. The summed E-state index contributed by atoms with van der Waals surface area (Å²) >= 11 is 0. The van der Waals surface area contributed by atoms with Gasteiger partial charge in [0.25, 0.3) is 0 Å². The van der Waals surface area contributed by atoms with Crippen LogP contribution in [-0.2, 0) is 4.74 Å². The van der Waals surface area contributed by atoms with E-state index in [1.165, 1.54) is 0 Å². The van der Waals surface area contributed by atoms with E-state index in [4.69, 9.17) is 10.5 Å². The minimum absolute atomic E-state index is 0.0696. The minimum atomic E-state index is -0.363. The third kappa shape index (κ3) is 7.59. The molecular formula is C9H20N2O2. The van der Waals surface area contributed by atoms with Gasteiger partial charge in [-0.05, 0) is 26.7 Å². The summed E-state index contributed by atoms with van der Waals surface area (Å²) in [7, 11) is 0. The Balaban J connectivity index is 3.37. The number of alkyl carbamates (subject to hydrolysis) is 1. The Kier molecular flexibility index (Phi) is 6.32. The number of hydrogen-bond donors (Lipinski definition) is 2. The van der Waals surface area contributed by atoms with Crippen LogP contribution in [0.4, 0.5) is 4.79 Å². The lowest BCUT2D eigenvalue weighted by atomic mass is 10.2. The Hall–Kier alpha value is -0.770. The first-order valence-electron chi connectivity index (χ1n) is 4.76. The molecule has 4 heteroatoms. The van der Waals surface area contributed by atoms with E-state index in [0.717, 1.165) is 12.8 Å². The number of amides is 1. The predicted octanol–water partition coefficient (Wildman–Crippen LogP) is 1.25. The van der Waals surface area contributed by atoms with Crippen LogP contribution < -0.4 is 11.1 Å². The molecule has 0 aliphatic rings. The average Bonchev–Trinajstić information content (AvgIpc) is 2.02. The lowest BCUT2D eigenvalue weighted by Gasteiger charge is -2.11. The molecule has 0 aliphatic heterocycles. The molecule has 0 aliphatic carbocycles. The van der Waals surface area contributed by atoms with Crippen molar-refractivity contribution in [1.82, 2.24) is 5.32 Å². The normalized spacial score (nSPS) is 12.7. The van der Waals surface area contributed by atoms with Gasteiger partial charge in [-0.15, -0.1) is 0 Å². The summed E-state index contributed by atoms with van der Waals surface area (Å²) in [4.78, 5) is 10.9. The summed E-state index contributed by atoms with van der Waals surface area (Å²) < 4.78 is 4.87. The molecule has 0 saturated heterocycles. The van der Waals surface area contributed by atoms with E-state index in [1.54, 1.807) is 0 Å². The Labute approximate surface area is 79.8 Å². The van der Waals surface area contributed by atoms with Crippen molar-refractivity contribution in [2.24, 2.45) is 5.73 Å². The highest BCUT2D eigenvalue weighted by Gasteiger charge is 2.04. The van der Waals surface area contributed by atoms with Gasteiger partial charge in [-0.3, -0.25) is 0 Å². The van der Waals surface area contributed by atoms with E-state index in [2.05, 4.69) is 5.32 Å². The maximum atomic E-state index is 10.9. The third-order valence-electron chi connectivity index (χ3n) is 1.65. The molecule has 1 unspecified atom stereocenters. The third-order valence-corrected chi connectivity index (χ3v) is 1.65. The molecule has 1 amide bonds. The second kappa shape index (κ2) is 6.71. The van der Waals surface area contributed by atoms with Crippen molar-refractivity contribution >= 4 is 6.09 Å². The van der Waals surface area contributed by atoms with Gasteiger partial charge in [-0.1, -0.05) is 6.92 Å². The van der Waals surface area contributed by atoms with Gasteiger partial charge in [0.15, 0.2) is 0 Å². The topological polar surface area (TPSA) is 64.3 Å². The number of ether oxygens (including phenoxy) is 1. The number of carbonyl (C=O) groups excluding carboxylic acids is 1. The van der Waals surface area contributed by atoms with Crippen molar-refractivity contribution in [3.63, 3.8) is 0 Å². The van der Waals surface area contributed by atoms with Crippen molar-refractivity contribution < 1.29 is 9.53 Å². The number of nitrogens with two attached hydrogens (primary N) is 1. The van der Waals surface area contributed by atoms with Crippen LogP contribution in [0.1, 0.15) is 33.6 Å². The van der Waals surface area contributed by atoms with E-state index in [1.807, 2.05) is 20.8 Å². The molecule has 78 valence electrons. The maximum absolute atomic E-state index is 10.9. The molecule has 0 spiro atoms. The van der Waals surface area contributed by atoms with Crippen LogP contribution in [-0.4, -0.2) is 24.8 Å². The highest BCUT2D eigenvalue weighted by Crippen LogP contribution is 1.92. The van der Waals surface area contributed by atoms with E-state index in [9.17, 15) is 4.79 Å². The van der Waals surface area contributed by atoms with Gasteiger partial charge in [0, 0.05) is 12.6 Å². The van der Waals surface area contributed by atoms with Crippen LogP contribution in [0.3, 0.4) is 0 Å². The highest BCUT2D eigenvalue weighted by atomic mass is 16.6. The fraction of sp³-hybridized carbons (Fsp3) is 0.889. The highest BCUT2D eigenvalue weighted by molar-refractivity contribution is 5.67. The molecule has 0 aromatic rings. The molecule has 0 saturated carbocycles. The summed E-state index contributed by atoms with van der Waals surface area (Å²) in [6.45, 7) is 6.24. The standard InChI is InChI=1S/C9H20N2O2/c1-4-8(10)5-6-11-9(12)13-7(2)3/h7-8H,4-6,10H2,1-3H3,(H,11,12). The van der Waals surface area contributed by atoms with E-state index < -0.39 is 0 Å². The van der Waals surface area contributed by atoms with Gasteiger partial charge in [0.1, 0.15) is 0 Å². The molecule has 13 heavy (non-hydrogen) atoms. The summed E-state index contributed by atoms with van der Waals surface area (Å²) in [5.41, 5.74) is 5.67. The first-order valence-corrected chi connectivity index (χ1v) is 4.76. The van der Waals surface area contributed by atoms with Crippen LogP contribution in [0.15, 0.2) is 0 Å². The van der Waals surface area contributed by atoms with Crippen LogP contribution >= 0.6 is 0 Å². The molecule has 3 N–H and O–H groups in total. The summed E-state index contributed by atoms with van der Waals surface area (Å²) in [6.07, 6.45) is 1.29. The molecule has 1 atom stereocenters. The molecule has 0 radical (unpaired) electrons. The zero-order valence-electron chi connectivity index (χ0n) is 8.67. The smallest absolute Gasteiger partial charge is 0.407 e. The van der Waals surface area contributed by atoms with Crippen LogP contribution in [0.25, 0.3) is 0 Å².